The zero-order chi connectivity index (χ0) is 11.8. The molecule has 88 valence electrons. The average molecular weight is 222 g/mol. The second-order valence-electron chi connectivity index (χ2n) is 5.87. The summed E-state index contributed by atoms with van der Waals surface area (Å²) >= 11 is 0. The highest BCUT2D eigenvalue weighted by Gasteiger charge is 2.41. The summed E-state index contributed by atoms with van der Waals surface area (Å²) in [6.07, 6.45) is 3.22. The lowest BCUT2D eigenvalue weighted by atomic mass is 9.86. The summed E-state index contributed by atoms with van der Waals surface area (Å²) in [5.41, 5.74) is 0.458. The fourth-order valence-corrected chi connectivity index (χ4v) is 2.82. The Balaban J connectivity index is 2.10. The maximum atomic E-state index is 13.0. The fraction of sp³-hybridized carbons (Fsp3) is 0.571. The highest BCUT2D eigenvalue weighted by atomic mass is 19.1. The van der Waals surface area contributed by atoms with Crippen LogP contribution in [-0.2, 0) is 6.42 Å². The van der Waals surface area contributed by atoms with E-state index in [9.17, 15) is 9.50 Å². The molecule has 1 aliphatic carbocycles. The first kappa shape index (κ1) is 11.6. The lowest BCUT2D eigenvalue weighted by Crippen LogP contribution is -2.29. The molecule has 2 rings (SSSR count). The van der Waals surface area contributed by atoms with Crippen molar-refractivity contribution in [3.63, 3.8) is 0 Å². The van der Waals surface area contributed by atoms with Gasteiger partial charge in [0.05, 0.1) is 5.60 Å². The number of rotatable bonds is 2. The van der Waals surface area contributed by atoms with E-state index in [0.717, 1.165) is 24.8 Å². The molecule has 1 saturated carbocycles. The molecular formula is C14H19FO. The highest BCUT2D eigenvalue weighted by Crippen LogP contribution is 2.44. The third-order valence-corrected chi connectivity index (χ3v) is 3.50. The molecule has 1 aromatic carbocycles. The quantitative estimate of drug-likeness (QED) is 0.814. The van der Waals surface area contributed by atoms with Crippen molar-refractivity contribution in [3.05, 3.63) is 35.6 Å². The first-order valence-electron chi connectivity index (χ1n) is 5.86. The van der Waals surface area contributed by atoms with Crippen LogP contribution < -0.4 is 0 Å². The Morgan fingerprint density at radius 1 is 1.31 bits per heavy atom. The predicted octanol–water partition coefficient (Wildman–Crippen LogP) is 3.31. The molecule has 0 bridgehead atoms. The van der Waals surface area contributed by atoms with Crippen molar-refractivity contribution in [3.8, 4) is 0 Å². The van der Waals surface area contributed by atoms with Gasteiger partial charge in [-0.15, -0.1) is 0 Å². The summed E-state index contributed by atoms with van der Waals surface area (Å²) in [7, 11) is 0. The van der Waals surface area contributed by atoms with Gasteiger partial charge in [0, 0.05) is 6.42 Å². The number of benzene rings is 1. The molecule has 1 N–H and O–H groups in total. The van der Waals surface area contributed by atoms with E-state index in [-0.39, 0.29) is 11.2 Å². The van der Waals surface area contributed by atoms with Crippen LogP contribution in [0.5, 0.6) is 0 Å². The van der Waals surface area contributed by atoms with Crippen molar-refractivity contribution in [2.45, 2.75) is 45.1 Å². The molecule has 0 saturated heterocycles. The normalized spacial score (nSPS) is 28.2. The van der Waals surface area contributed by atoms with Gasteiger partial charge in [-0.05, 0) is 42.4 Å². The SMILES string of the molecule is CC1(C)CCC(O)(Cc2cccc(F)c2)C1. The third kappa shape index (κ3) is 2.62. The minimum atomic E-state index is -0.642. The van der Waals surface area contributed by atoms with Crippen LogP contribution in [0.15, 0.2) is 24.3 Å². The first-order chi connectivity index (χ1) is 7.39. The second-order valence-corrected chi connectivity index (χ2v) is 5.87. The fourth-order valence-electron chi connectivity index (χ4n) is 2.82. The lowest BCUT2D eigenvalue weighted by Gasteiger charge is -2.25. The molecule has 0 aromatic heterocycles. The smallest absolute Gasteiger partial charge is 0.123 e. The molecule has 16 heavy (non-hydrogen) atoms. The Hall–Kier alpha value is -0.890. The predicted molar refractivity (Wildman–Crippen MR) is 62.7 cm³/mol. The topological polar surface area (TPSA) is 20.2 Å². The number of hydrogen-bond acceptors (Lipinski definition) is 1. The van der Waals surface area contributed by atoms with Gasteiger partial charge >= 0.3 is 0 Å². The van der Waals surface area contributed by atoms with Crippen LogP contribution in [0.3, 0.4) is 0 Å². The Labute approximate surface area is 96.3 Å². The monoisotopic (exact) mass is 222 g/mol. The van der Waals surface area contributed by atoms with Gasteiger partial charge in [-0.1, -0.05) is 26.0 Å². The Kier molecular flexibility index (Phi) is 2.79. The molecule has 1 fully saturated rings. The van der Waals surface area contributed by atoms with Gasteiger partial charge in [0.1, 0.15) is 5.82 Å². The minimum Gasteiger partial charge on any atom is -0.390 e. The molecule has 1 aromatic rings. The molecule has 0 aliphatic heterocycles. The second kappa shape index (κ2) is 3.85. The Morgan fingerprint density at radius 3 is 2.62 bits per heavy atom. The summed E-state index contributed by atoms with van der Waals surface area (Å²) in [5, 5.41) is 10.4. The van der Waals surface area contributed by atoms with Gasteiger partial charge in [-0.2, -0.15) is 0 Å². The van der Waals surface area contributed by atoms with E-state index in [4.69, 9.17) is 0 Å². The molecule has 1 atom stereocenters. The van der Waals surface area contributed by atoms with E-state index < -0.39 is 5.60 Å². The largest absolute Gasteiger partial charge is 0.390 e. The van der Waals surface area contributed by atoms with Crippen LogP contribution in [-0.4, -0.2) is 10.7 Å². The molecule has 0 heterocycles. The summed E-state index contributed by atoms with van der Waals surface area (Å²) in [6.45, 7) is 4.35. The Morgan fingerprint density at radius 2 is 2.06 bits per heavy atom. The first-order valence-corrected chi connectivity index (χ1v) is 5.86. The van der Waals surface area contributed by atoms with Crippen molar-refractivity contribution in [1.29, 1.82) is 0 Å². The van der Waals surface area contributed by atoms with Gasteiger partial charge < -0.3 is 5.11 Å². The van der Waals surface area contributed by atoms with E-state index in [1.807, 2.05) is 6.07 Å². The van der Waals surface area contributed by atoms with E-state index in [0.29, 0.717) is 6.42 Å². The average Bonchev–Trinajstić information content (AvgIpc) is 2.40. The molecular weight excluding hydrogens is 203 g/mol. The van der Waals surface area contributed by atoms with E-state index in [2.05, 4.69) is 13.8 Å². The van der Waals surface area contributed by atoms with E-state index in [1.165, 1.54) is 12.1 Å². The zero-order valence-electron chi connectivity index (χ0n) is 9.96. The van der Waals surface area contributed by atoms with Gasteiger partial charge in [0.25, 0.3) is 0 Å². The van der Waals surface area contributed by atoms with Crippen LogP contribution >= 0.6 is 0 Å². The van der Waals surface area contributed by atoms with Crippen LogP contribution in [0, 0.1) is 11.2 Å². The Bertz CT molecular complexity index is 386. The minimum absolute atomic E-state index is 0.210. The van der Waals surface area contributed by atoms with Crippen molar-refractivity contribution in [2.24, 2.45) is 5.41 Å². The van der Waals surface area contributed by atoms with Gasteiger partial charge in [-0.25, -0.2) is 4.39 Å². The van der Waals surface area contributed by atoms with Gasteiger partial charge in [0.2, 0.25) is 0 Å². The van der Waals surface area contributed by atoms with E-state index in [1.54, 1.807) is 6.07 Å². The van der Waals surface area contributed by atoms with Crippen LogP contribution in [0.2, 0.25) is 0 Å². The standard InChI is InChI=1S/C14H19FO/c1-13(2)6-7-14(16,10-13)9-11-4-3-5-12(15)8-11/h3-5,8,16H,6-7,9-10H2,1-2H3. The lowest BCUT2D eigenvalue weighted by molar-refractivity contribution is 0.0378. The third-order valence-electron chi connectivity index (χ3n) is 3.50. The van der Waals surface area contributed by atoms with Crippen LogP contribution in [0.4, 0.5) is 4.39 Å². The van der Waals surface area contributed by atoms with Crippen LogP contribution in [0.25, 0.3) is 0 Å². The summed E-state index contributed by atoms with van der Waals surface area (Å²) in [5.74, 6) is -0.224. The molecule has 1 aliphatic rings. The maximum absolute atomic E-state index is 13.0. The van der Waals surface area contributed by atoms with E-state index >= 15 is 0 Å². The number of halogens is 1. The van der Waals surface area contributed by atoms with Crippen molar-refractivity contribution in [2.75, 3.05) is 0 Å². The van der Waals surface area contributed by atoms with Gasteiger partial charge in [0.15, 0.2) is 0 Å². The summed E-state index contributed by atoms with van der Waals surface area (Å²) in [4.78, 5) is 0. The molecule has 2 heteroatoms. The zero-order valence-corrected chi connectivity index (χ0v) is 9.96. The maximum Gasteiger partial charge on any atom is 0.123 e. The number of hydrogen-bond donors (Lipinski definition) is 1. The highest BCUT2D eigenvalue weighted by molar-refractivity contribution is 5.19. The summed E-state index contributed by atoms with van der Waals surface area (Å²) < 4.78 is 13.0. The van der Waals surface area contributed by atoms with Crippen molar-refractivity contribution < 1.29 is 9.50 Å². The van der Waals surface area contributed by atoms with Crippen molar-refractivity contribution >= 4 is 0 Å². The van der Waals surface area contributed by atoms with Gasteiger partial charge in [-0.3, -0.25) is 0 Å². The molecule has 0 radical (unpaired) electrons. The number of aliphatic hydroxyl groups is 1. The molecule has 0 spiro atoms. The van der Waals surface area contributed by atoms with Crippen molar-refractivity contribution in [1.82, 2.24) is 0 Å². The summed E-state index contributed by atoms with van der Waals surface area (Å²) in [6, 6.07) is 6.54. The molecule has 1 nitrogen and oxygen atoms in total. The molecule has 1 unspecified atom stereocenters. The molecule has 0 amide bonds. The van der Waals surface area contributed by atoms with Crippen LogP contribution in [0.1, 0.15) is 38.7 Å².